The molecule has 0 spiro atoms. The third-order valence-corrected chi connectivity index (χ3v) is 2.55. The lowest BCUT2D eigenvalue weighted by molar-refractivity contribution is -0.136. The van der Waals surface area contributed by atoms with Gasteiger partial charge < -0.3 is 15.2 Å². The van der Waals surface area contributed by atoms with Crippen LogP contribution in [0.3, 0.4) is 0 Å². The van der Waals surface area contributed by atoms with Gasteiger partial charge in [-0.25, -0.2) is 0 Å². The molecule has 0 saturated carbocycles. The number of rotatable bonds is 7. The topological polar surface area (TPSA) is 58.6 Å². The largest absolute Gasteiger partial charge is 0.497 e. The maximum Gasteiger partial charge on any atom is 0.307 e. The van der Waals surface area contributed by atoms with Crippen LogP contribution in [0.1, 0.15) is 17.5 Å². The third-order valence-electron chi connectivity index (χ3n) is 2.55. The van der Waals surface area contributed by atoms with Crippen LogP contribution in [0.4, 0.5) is 0 Å². The van der Waals surface area contributed by atoms with Crippen molar-refractivity contribution in [2.45, 2.75) is 12.8 Å². The van der Waals surface area contributed by atoms with Gasteiger partial charge in [-0.2, -0.15) is 0 Å². The van der Waals surface area contributed by atoms with E-state index in [0.29, 0.717) is 0 Å². The van der Waals surface area contributed by atoms with E-state index in [-0.39, 0.29) is 6.42 Å². The van der Waals surface area contributed by atoms with Gasteiger partial charge in [-0.05, 0) is 43.3 Å². The summed E-state index contributed by atoms with van der Waals surface area (Å²) in [5, 5.41) is 11.9. The summed E-state index contributed by atoms with van der Waals surface area (Å²) in [7, 11) is 3.50. The molecule has 4 nitrogen and oxygen atoms in total. The Kier molecular flexibility index (Phi) is 5.94. The maximum absolute atomic E-state index is 10.8. The van der Waals surface area contributed by atoms with Gasteiger partial charge in [-0.15, -0.1) is 0 Å². The second-order valence-electron chi connectivity index (χ2n) is 3.93. The van der Waals surface area contributed by atoms with Crippen LogP contribution in [0, 0.1) is 0 Å². The summed E-state index contributed by atoms with van der Waals surface area (Å²) in [5.74, 6) is -0.0950. The van der Waals surface area contributed by atoms with Crippen molar-refractivity contribution in [1.29, 1.82) is 0 Å². The van der Waals surface area contributed by atoms with E-state index in [9.17, 15) is 4.79 Å². The third kappa shape index (κ3) is 4.59. The second-order valence-corrected chi connectivity index (χ2v) is 3.93. The zero-order chi connectivity index (χ0) is 13.4. The van der Waals surface area contributed by atoms with E-state index in [1.165, 1.54) is 0 Å². The fourth-order valence-corrected chi connectivity index (χ4v) is 1.62. The highest BCUT2D eigenvalue weighted by Crippen LogP contribution is 2.19. The Morgan fingerprint density at radius 1 is 1.50 bits per heavy atom. The van der Waals surface area contributed by atoms with Crippen molar-refractivity contribution in [3.63, 3.8) is 0 Å². The fraction of sp³-hybridized carbons (Fsp3) is 0.357. The molecule has 0 aliphatic rings. The molecule has 1 aromatic carbocycles. The first kappa shape index (κ1) is 14.3. The van der Waals surface area contributed by atoms with Crippen molar-refractivity contribution in [3.05, 3.63) is 35.4 Å². The first-order valence-corrected chi connectivity index (χ1v) is 5.87. The maximum atomic E-state index is 10.8. The van der Waals surface area contributed by atoms with Gasteiger partial charge in [0.2, 0.25) is 0 Å². The first-order chi connectivity index (χ1) is 8.67. The molecule has 0 aliphatic carbocycles. The van der Waals surface area contributed by atoms with Crippen molar-refractivity contribution in [1.82, 2.24) is 5.32 Å². The average Bonchev–Trinajstić information content (AvgIpc) is 2.35. The van der Waals surface area contributed by atoms with Gasteiger partial charge in [-0.1, -0.05) is 18.2 Å². The van der Waals surface area contributed by atoms with Gasteiger partial charge in [0.15, 0.2) is 0 Å². The summed E-state index contributed by atoms with van der Waals surface area (Å²) in [4.78, 5) is 10.8. The van der Waals surface area contributed by atoms with E-state index < -0.39 is 5.97 Å². The second kappa shape index (κ2) is 7.50. The predicted molar refractivity (Wildman–Crippen MR) is 71.9 cm³/mol. The minimum absolute atomic E-state index is 0.0235. The monoisotopic (exact) mass is 249 g/mol. The smallest absolute Gasteiger partial charge is 0.307 e. The molecule has 1 rings (SSSR count). The summed E-state index contributed by atoms with van der Waals surface area (Å²) in [6.07, 6.45) is 4.89. The SMILES string of the molecule is CNCCC=Cc1cc(OC)ccc1CC(=O)O. The van der Waals surface area contributed by atoms with Gasteiger partial charge >= 0.3 is 5.97 Å². The molecule has 0 aromatic heterocycles. The summed E-state index contributed by atoms with van der Waals surface area (Å²) >= 11 is 0. The lowest BCUT2D eigenvalue weighted by Crippen LogP contribution is -2.05. The average molecular weight is 249 g/mol. The Hall–Kier alpha value is -1.81. The van der Waals surface area contributed by atoms with Gasteiger partial charge in [0.05, 0.1) is 13.5 Å². The molecule has 18 heavy (non-hydrogen) atoms. The predicted octanol–water partition coefficient (Wildman–Crippen LogP) is 1.95. The molecule has 0 radical (unpaired) electrons. The Morgan fingerprint density at radius 3 is 2.89 bits per heavy atom. The molecule has 98 valence electrons. The number of methoxy groups -OCH3 is 1. The van der Waals surface area contributed by atoms with E-state index in [4.69, 9.17) is 9.84 Å². The number of carbonyl (C=O) groups is 1. The fourth-order valence-electron chi connectivity index (χ4n) is 1.62. The zero-order valence-corrected chi connectivity index (χ0v) is 10.8. The summed E-state index contributed by atoms with van der Waals surface area (Å²) < 4.78 is 5.15. The minimum Gasteiger partial charge on any atom is -0.497 e. The van der Waals surface area contributed by atoms with Crippen LogP contribution in [-0.4, -0.2) is 31.8 Å². The van der Waals surface area contributed by atoms with Crippen LogP contribution in [0.2, 0.25) is 0 Å². The van der Waals surface area contributed by atoms with Crippen LogP contribution in [0.25, 0.3) is 6.08 Å². The van der Waals surface area contributed by atoms with Gasteiger partial charge in [0, 0.05) is 0 Å². The molecule has 0 fully saturated rings. The van der Waals surface area contributed by atoms with Gasteiger partial charge in [-0.3, -0.25) is 4.79 Å². The number of hydrogen-bond donors (Lipinski definition) is 2. The molecule has 0 aliphatic heterocycles. The molecular weight excluding hydrogens is 230 g/mol. The first-order valence-electron chi connectivity index (χ1n) is 5.87. The number of aliphatic carboxylic acids is 1. The Labute approximate surface area is 107 Å². The molecule has 4 heteroatoms. The van der Waals surface area contributed by atoms with Crippen molar-refractivity contribution < 1.29 is 14.6 Å². The number of benzene rings is 1. The zero-order valence-electron chi connectivity index (χ0n) is 10.8. The molecule has 0 amide bonds. The van der Waals surface area contributed by atoms with E-state index in [1.807, 2.05) is 25.3 Å². The van der Waals surface area contributed by atoms with Gasteiger partial charge in [0.25, 0.3) is 0 Å². The standard InChI is InChI=1S/C14H19NO3/c1-15-8-4-3-5-11-9-13(18-2)7-6-12(11)10-14(16)17/h3,5-7,9,15H,4,8,10H2,1-2H3,(H,16,17). The molecule has 0 heterocycles. The normalized spacial score (nSPS) is 10.8. The van der Waals surface area contributed by atoms with Gasteiger partial charge in [0.1, 0.15) is 5.75 Å². The van der Waals surface area contributed by atoms with E-state index in [1.54, 1.807) is 19.2 Å². The van der Waals surface area contributed by atoms with Crippen LogP contribution in [0.15, 0.2) is 24.3 Å². The van der Waals surface area contributed by atoms with E-state index in [0.717, 1.165) is 29.8 Å². The number of ether oxygens (including phenoxy) is 1. The Morgan fingerprint density at radius 2 is 2.28 bits per heavy atom. The van der Waals surface area contributed by atoms with Crippen LogP contribution in [0.5, 0.6) is 5.75 Å². The minimum atomic E-state index is -0.829. The van der Waals surface area contributed by atoms with Crippen LogP contribution in [-0.2, 0) is 11.2 Å². The quantitative estimate of drug-likeness (QED) is 0.725. The van der Waals surface area contributed by atoms with Crippen LogP contribution < -0.4 is 10.1 Å². The summed E-state index contributed by atoms with van der Waals surface area (Å²) in [5.41, 5.74) is 1.69. The number of carboxylic acid groups (broad SMARTS) is 1. The highest BCUT2D eigenvalue weighted by Gasteiger charge is 2.06. The Balaban J connectivity index is 2.88. The molecule has 2 N–H and O–H groups in total. The van der Waals surface area contributed by atoms with Crippen LogP contribution >= 0.6 is 0 Å². The molecule has 0 bridgehead atoms. The summed E-state index contributed by atoms with van der Waals surface area (Å²) in [6.45, 7) is 0.898. The molecule has 1 aromatic rings. The Bertz CT molecular complexity index is 427. The number of nitrogens with one attached hydrogen (secondary N) is 1. The lowest BCUT2D eigenvalue weighted by Gasteiger charge is -2.06. The van der Waals surface area contributed by atoms with Crippen molar-refractivity contribution in [2.24, 2.45) is 0 Å². The van der Waals surface area contributed by atoms with E-state index >= 15 is 0 Å². The van der Waals surface area contributed by atoms with Crippen molar-refractivity contribution >= 4 is 12.0 Å². The van der Waals surface area contributed by atoms with Crippen molar-refractivity contribution in [3.8, 4) is 5.75 Å². The summed E-state index contributed by atoms with van der Waals surface area (Å²) in [6, 6.07) is 5.43. The highest BCUT2D eigenvalue weighted by atomic mass is 16.5. The van der Waals surface area contributed by atoms with Crippen molar-refractivity contribution in [2.75, 3.05) is 20.7 Å². The molecule has 0 saturated heterocycles. The molecule has 0 atom stereocenters. The number of hydrogen-bond acceptors (Lipinski definition) is 3. The number of carboxylic acids is 1. The highest BCUT2D eigenvalue weighted by molar-refractivity contribution is 5.73. The lowest BCUT2D eigenvalue weighted by atomic mass is 10.0. The molecule has 0 unspecified atom stereocenters. The molecular formula is C14H19NO3. The van der Waals surface area contributed by atoms with E-state index in [2.05, 4.69) is 5.32 Å².